The van der Waals surface area contributed by atoms with Crippen LogP contribution in [0.1, 0.15) is 28.8 Å². The van der Waals surface area contributed by atoms with Crippen molar-refractivity contribution in [1.29, 1.82) is 0 Å². The van der Waals surface area contributed by atoms with Crippen LogP contribution in [0.15, 0.2) is 23.6 Å². The highest BCUT2D eigenvalue weighted by molar-refractivity contribution is 7.09. The summed E-state index contributed by atoms with van der Waals surface area (Å²) in [5, 5.41) is 4.64. The number of urea groups is 1. The van der Waals surface area contributed by atoms with Crippen LogP contribution in [0.25, 0.3) is 0 Å². The summed E-state index contributed by atoms with van der Waals surface area (Å²) in [5.41, 5.74) is 0.312. The molecule has 0 spiro atoms. The van der Waals surface area contributed by atoms with Gasteiger partial charge >= 0.3 is 12.0 Å². The van der Waals surface area contributed by atoms with Gasteiger partial charge in [0.1, 0.15) is 5.01 Å². The molecule has 0 atom stereocenters. The Morgan fingerprint density at radius 1 is 1.29 bits per heavy atom. The minimum absolute atomic E-state index is 0.131. The fourth-order valence-corrected chi connectivity index (χ4v) is 3.05. The van der Waals surface area contributed by atoms with Gasteiger partial charge in [-0.15, -0.1) is 11.3 Å². The minimum atomic E-state index is -1.05. The molecule has 0 aliphatic carbocycles. The second kappa shape index (κ2) is 10.7. The van der Waals surface area contributed by atoms with Crippen molar-refractivity contribution in [1.82, 2.24) is 9.88 Å². The zero-order valence-electron chi connectivity index (χ0n) is 15.5. The molecule has 0 aliphatic rings. The molecule has 0 aliphatic heterocycles. The number of nitrogens with zero attached hydrogens (tertiary/aromatic N) is 2. The zero-order chi connectivity index (χ0) is 20.5. The van der Waals surface area contributed by atoms with E-state index < -0.39 is 23.6 Å². The normalized spacial score (nSPS) is 10.6. The van der Waals surface area contributed by atoms with Crippen molar-refractivity contribution in [3.05, 3.63) is 45.9 Å². The Labute approximate surface area is 165 Å². The van der Waals surface area contributed by atoms with Crippen LogP contribution in [0, 0.1) is 11.6 Å². The van der Waals surface area contributed by atoms with Gasteiger partial charge in [-0.05, 0) is 25.5 Å². The molecule has 28 heavy (non-hydrogen) atoms. The van der Waals surface area contributed by atoms with Gasteiger partial charge < -0.3 is 19.7 Å². The quantitative estimate of drug-likeness (QED) is 0.501. The van der Waals surface area contributed by atoms with Crippen molar-refractivity contribution < 1.29 is 27.8 Å². The maximum absolute atomic E-state index is 13.4. The average molecular weight is 413 g/mol. The van der Waals surface area contributed by atoms with Gasteiger partial charge in [-0.25, -0.2) is 23.4 Å². The molecule has 7 nitrogen and oxygen atoms in total. The van der Waals surface area contributed by atoms with E-state index >= 15 is 0 Å². The Bertz CT molecular complexity index is 816. The summed E-state index contributed by atoms with van der Waals surface area (Å²) >= 11 is 1.22. The Kier molecular flexibility index (Phi) is 8.27. The third kappa shape index (κ3) is 6.24. The third-order valence-electron chi connectivity index (χ3n) is 3.60. The predicted molar refractivity (Wildman–Crippen MR) is 100 cm³/mol. The predicted octanol–water partition coefficient (Wildman–Crippen LogP) is 3.67. The van der Waals surface area contributed by atoms with E-state index in [2.05, 4.69) is 10.3 Å². The van der Waals surface area contributed by atoms with Crippen molar-refractivity contribution in [3.63, 3.8) is 0 Å². The van der Waals surface area contributed by atoms with E-state index in [9.17, 15) is 18.4 Å². The molecular weight excluding hydrogens is 392 g/mol. The zero-order valence-corrected chi connectivity index (χ0v) is 16.4. The van der Waals surface area contributed by atoms with E-state index in [0.29, 0.717) is 24.6 Å². The van der Waals surface area contributed by atoms with Crippen molar-refractivity contribution in [2.24, 2.45) is 0 Å². The van der Waals surface area contributed by atoms with E-state index in [-0.39, 0.29) is 24.5 Å². The van der Waals surface area contributed by atoms with Crippen LogP contribution < -0.4 is 5.32 Å². The number of hydrogen-bond acceptors (Lipinski definition) is 6. The maximum Gasteiger partial charge on any atom is 0.357 e. The Balaban J connectivity index is 2.08. The topological polar surface area (TPSA) is 80.8 Å². The van der Waals surface area contributed by atoms with E-state index in [1.807, 2.05) is 0 Å². The SMILES string of the molecule is CCOC(=O)c1csc(CN(CCCOC)C(=O)Nc2ccc(F)c(F)c2)n1. The molecule has 1 aromatic carbocycles. The van der Waals surface area contributed by atoms with Crippen LogP contribution in [-0.2, 0) is 16.0 Å². The number of anilines is 1. The van der Waals surface area contributed by atoms with Gasteiger partial charge in [0, 0.05) is 37.4 Å². The first-order valence-corrected chi connectivity index (χ1v) is 9.44. The molecule has 0 radical (unpaired) electrons. The van der Waals surface area contributed by atoms with Crippen molar-refractivity contribution in [2.45, 2.75) is 19.9 Å². The standard InChI is InChI=1S/C18H21F2N3O4S/c1-3-27-17(24)15-11-28-16(22-15)10-23(7-4-8-26-2)18(25)21-12-5-6-13(19)14(20)9-12/h5-6,9,11H,3-4,7-8,10H2,1-2H3,(H,21,25). The number of carbonyl (C=O) groups excluding carboxylic acids is 2. The lowest BCUT2D eigenvalue weighted by Gasteiger charge is -2.22. The van der Waals surface area contributed by atoms with E-state index in [1.165, 1.54) is 22.3 Å². The van der Waals surface area contributed by atoms with Crippen molar-refractivity contribution >= 4 is 29.0 Å². The highest BCUT2D eigenvalue weighted by Gasteiger charge is 2.18. The number of benzene rings is 1. The summed E-state index contributed by atoms with van der Waals surface area (Å²) in [6.45, 7) is 2.87. The summed E-state index contributed by atoms with van der Waals surface area (Å²) in [7, 11) is 1.55. The number of halogens is 2. The maximum atomic E-state index is 13.4. The third-order valence-corrected chi connectivity index (χ3v) is 4.43. The fourth-order valence-electron chi connectivity index (χ4n) is 2.27. The Morgan fingerprint density at radius 3 is 2.75 bits per heavy atom. The van der Waals surface area contributed by atoms with E-state index in [1.54, 1.807) is 19.4 Å². The number of thiazole rings is 1. The summed E-state index contributed by atoms with van der Waals surface area (Å²) in [5.74, 6) is -2.57. The smallest absolute Gasteiger partial charge is 0.357 e. The second-order valence-corrected chi connectivity index (χ2v) is 6.62. The van der Waals surface area contributed by atoms with Crippen LogP contribution in [0.4, 0.5) is 19.3 Å². The molecule has 2 amide bonds. The van der Waals surface area contributed by atoms with Crippen molar-refractivity contribution in [3.8, 4) is 0 Å². The van der Waals surface area contributed by atoms with Gasteiger partial charge in [-0.2, -0.15) is 0 Å². The summed E-state index contributed by atoms with van der Waals surface area (Å²) in [4.78, 5) is 30.0. The van der Waals surface area contributed by atoms with Gasteiger partial charge in [-0.3, -0.25) is 0 Å². The van der Waals surface area contributed by atoms with Gasteiger partial charge in [0.15, 0.2) is 17.3 Å². The number of methoxy groups -OCH3 is 1. The average Bonchev–Trinajstić information content (AvgIpc) is 3.13. The molecule has 0 saturated carbocycles. The summed E-state index contributed by atoms with van der Waals surface area (Å²) < 4.78 is 36.3. The molecule has 1 heterocycles. The van der Waals surface area contributed by atoms with E-state index in [0.717, 1.165) is 12.1 Å². The lowest BCUT2D eigenvalue weighted by atomic mass is 10.3. The molecule has 10 heteroatoms. The Hall–Kier alpha value is -2.59. The molecular formula is C18H21F2N3O4S. The number of nitrogens with one attached hydrogen (secondary N) is 1. The first-order chi connectivity index (χ1) is 13.4. The Morgan fingerprint density at radius 2 is 2.07 bits per heavy atom. The monoisotopic (exact) mass is 413 g/mol. The van der Waals surface area contributed by atoms with Gasteiger partial charge in [0.05, 0.1) is 13.2 Å². The number of hydrogen-bond donors (Lipinski definition) is 1. The lowest BCUT2D eigenvalue weighted by molar-refractivity contribution is 0.0520. The first kappa shape index (κ1) is 21.7. The molecule has 0 bridgehead atoms. The minimum Gasteiger partial charge on any atom is -0.461 e. The molecule has 1 aromatic heterocycles. The van der Waals surface area contributed by atoms with Crippen LogP contribution >= 0.6 is 11.3 Å². The van der Waals surface area contributed by atoms with E-state index in [4.69, 9.17) is 9.47 Å². The van der Waals surface area contributed by atoms with Gasteiger partial charge in [0.2, 0.25) is 0 Å². The number of rotatable bonds is 9. The molecule has 1 N–H and O–H groups in total. The summed E-state index contributed by atoms with van der Waals surface area (Å²) in [6, 6.07) is 2.61. The molecule has 0 saturated heterocycles. The highest BCUT2D eigenvalue weighted by Crippen LogP contribution is 2.17. The lowest BCUT2D eigenvalue weighted by Crippen LogP contribution is -2.35. The first-order valence-electron chi connectivity index (χ1n) is 8.56. The van der Waals surface area contributed by atoms with Crippen LogP contribution in [0.5, 0.6) is 0 Å². The number of amides is 2. The molecule has 152 valence electrons. The fraction of sp³-hybridized carbons (Fsp3) is 0.389. The van der Waals surface area contributed by atoms with Crippen LogP contribution in [-0.4, -0.2) is 48.8 Å². The molecule has 0 fully saturated rings. The van der Waals surface area contributed by atoms with Crippen molar-refractivity contribution in [2.75, 3.05) is 32.2 Å². The van der Waals surface area contributed by atoms with Gasteiger partial charge in [-0.1, -0.05) is 0 Å². The highest BCUT2D eigenvalue weighted by atomic mass is 32.1. The van der Waals surface area contributed by atoms with Crippen LogP contribution in [0.3, 0.4) is 0 Å². The molecule has 0 unspecified atom stereocenters. The number of esters is 1. The number of aromatic nitrogens is 1. The summed E-state index contributed by atoms with van der Waals surface area (Å²) in [6.07, 6.45) is 0.567. The number of carbonyl (C=O) groups is 2. The van der Waals surface area contributed by atoms with Gasteiger partial charge in [0.25, 0.3) is 0 Å². The number of ether oxygens (including phenoxy) is 2. The molecule has 2 aromatic rings. The largest absolute Gasteiger partial charge is 0.461 e. The molecule has 2 rings (SSSR count). The van der Waals surface area contributed by atoms with Crippen LogP contribution in [0.2, 0.25) is 0 Å². The second-order valence-electron chi connectivity index (χ2n) is 5.67.